The van der Waals surface area contributed by atoms with Gasteiger partial charge in [-0.15, -0.1) is 0 Å². The van der Waals surface area contributed by atoms with Gasteiger partial charge in [0.1, 0.15) is 5.69 Å². The first-order valence-electron chi connectivity index (χ1n) is 9.36. The van der Waals surface area contributed by atoms with Gasteiger partial charge < -0.3 is 9.64 Å². The first-order valence-corrected chi connectivity index (χ1v) is 9.36. The molecule has 0 N–H and O–H groups in total. The summed E-state index contributed by atoms with van der Waals surface area (Å²) in [5, 5.41) is 10.9. The average molecular weight is 389 g/mol. The topological polar surface area (TPSA) is 68.0 Å². The van der Waals surface area contributed by atoms with Gasteiger partial charge in [0.15, 0.2) is 5.75 Å². The quantitative estimate of drug-likeness (QED) is 0.295. The lowest BCUT2D eigenvalue weighted by atomic mass is 10.1. The molecule has 0 aliphatic heterocycles. The summed E-state index contributed by atoms with van der Waals surface area (Å²) in [6, 6.07) is 22.9. The second-order valence-electron chi connectivity index (χ2n) is 6.46. The molecule has 0 saturated carbocycles. The van der Waals surface area contributed by atoms with Gasteiger partial charge in [0.25, 0.3) is 5.69 Å². The van der Waals surface area contributed by atoms with Crippen LogP contribution in [0, 0.1) is 10.1 Å². The van der Waals surface area contributed by atoms with Crippen LogP contribution in [-0.4, -0.2) is 24.8 Å². The predicted octanol–water partition coefficient (Wildman–Crippen LogP) is 5.38. The van der Waals surface area contributed by atoms with Crippen LogP contribution in [-0.2, 0) is 6.54 Å². The van der Waals surface area contributed by atoms with Crippen molar-refractivity contribution in [3.63, 3.8) is 0 Å². The molecular weight excluding hydrogens is 366 g/mol. The number of hydrogen-bond donors (Lipinski definition) is 0. The van der Waals surface area contributed by atoms with Crippen molar-refractivity contribution in [2.45, 2.75) is 13.5 Å². The highest BCUT2D eigenvalue weighted by molar-refractivity contribution is 5.83. The predicted molar refractivity (Wildman–Crippen MR) is 117 cm³/mol. The highest BCUT2D eigenvalue weighted by Gasteiger charge is 2.10. The summed E-state index contributed by atoms with van der Waals surface area (Å²) in [5.41, 5.74) is 3.86. The number of nitro groups is 1. The molecule has 0 spiro atoms. The van der Waals surface area contributed by atoms with E-state index in [1.54, 1.807) is 12.3 Å². The molecule has 0 fully saturated rings. The average Bonchev–Trinajstić information content (AvgIpc) is 2.77. The van der Waals surface area contributed by atoms with Crippen LogP contribution in [0.3, 0.4) is 0 Å². The molecule has 3 aromatic rings. The van der Waals surface area contributed by atoms with Gasteiger partial charge in [0.2, 0.25) is 0 Å². The molecule has 0 amide bonds. The molecule has 0 aliphatic rings. The number of nitro benzene ring substituents is 1. The van der Waals surface area contributed by atoms with E-state index in [0.29, 0.717) is 11.4 Å². The maximum absolute atomic E-state index is 10.9. The van der Waals surface area contributed by atoms with E-state index in [-0.39, 0.29) is 5.69 Å². The van der Waals surface area contributed by atoms with Crippen LogP contribution in [0.15, 0.2) is 77.8 Å². The molecule has 3 aromatic carbocycles. The molecule has 0 radical (unpaired) electrons. The molecule has 0 aromatic heterocycles. The van der Waals surface area contributed by atoms with E-state index >= 15 is 0 Å². The van der Waals surface area contributed by atoms with Crippen LogP contribution in [0.2, 0.25) is 0 Å². The fraction of sp³-hybridized carbons (Fsp3) is 0.174. The minimum atomic E-state index is -0.455. The molecule has 6 heteroatoms. The van der Waals surface area contributed by atoms with Gasteiger partial charge in [0.05, 0.1) is 18.1 Å². The molecular formula is C23H23N3O3. The monoisotopic (exact) mass is 389 g/mol. The van der Waals surface area contributed by atoms with Crippen molar-refractivity contribution >= 4 is 23.3 Å². The van der Waals surface area contributed by atoms with E-state index in [0.717, 1.165) is 24.3 Å². The SMILES string of the molecule is CCN(Cc1ccccc1)c1ccc(C=Nc2ccc([N+](=O)[O-])cc2OC)cc1. The third-order valence-electron chi connectivity index (χ3n) is 4.58. The number of methoxy groups -OCH3 is 1. The normalized spacial score (nSPS) is 10.8. The minimum Gasteiger partial charge on any atom is -0.494 e. The van der Waals surface area contributed by atoms with Crippen molar-refractivity contribution in [3.05, 3.63) is 94.0 Å². The van der Waals surface area contributed by atoms with Crippen molar-refractivity contribution in [3.8, 4) is 5.75 Å². The summed E-state index contributed by atoms with van der Waals surface area (Å²) in [6.45, 7) is 3.90. The molecule has 0 aliphatic carbocycles. The molecule has 0 heterocycles. The van der Waals surface area contributed by atoms with Crippen molar-refractivity contribution in [1.29, 1.82) is 0 Å². The van der Waals surface area contributed by atoms with Crippen molar-refractivity contribution < 1.29 is 9.66 Å². The number of benzene rings is 3. The number of hydrogen-bond acceptors (Lipinski definition) is 5. The maximum Gasteiger partial charge on any atom is 0.273 e. The Labute approximate surface area is 170 Å². The van der Waals surface area contributed by atoms with E-state index in [4.69, 9.17) is 4.74 Å². The van der Waals surface area contributed by atoms with Crippen LogP contribution in [0.4, 0.5) is 17.1 Å². The Kier molecular flexibility index (Phi) is 6.58. The fourth-order valence-electron chi connectivity index (χ4n) is 2.99. The summed E-state index contributed by atoms with van der Waals surface area (Å²) in [7, 11) is 1.47. The van der Waals surface area contributed by atoms with Gasteiger partial charge in [-0.1, -0.05) is 42.5 Å². The number of non-ortho nitro benzene ring substituents is 1. The van der Waals surface area contributed by atoms with Crippen LogP contribution >= 0.6 is 0 Å². The van der Waals surface area contributed by atoms with E-state index in [1.165, 1.54) is 24.8 Å². The van der Waals surface area contributed by atoms with Crippen LogP contribution in [0.25, 0.3) is 0 Å². The molecule has 0 unspecified atom stereocenters. The van der Waals surface area contributed by atoms with Crippen LogP contribution in [0.1, 0.15) is 18.1 Å². The smallest absolute Gasteiger partial charge is 0.273 e. The summed E-state index contributed by atoms with van der Waals surface area (Å²) < 4.78 is 5.22. The minimum absolute atomic E-state index is 0.0248. The van der Waals surface area contributed by atoms with Gasteiger partial charge >= 0.3 is 0 Å². The number of ether oxygens (including phenoxy) is 1. The molecule has 0 atom stereocenters. The Hall–Kier alpha value is -3.67. The van der Waals surface area contributed by atoms with Crippen molar-refractivity contribution in [2.24, 2.45) is 4.99 Å². The summed E-state index contributed by atoms with van der Waals surface area (Å²) in [5.74, 6) is 0.368. The lowest BCUT2D eigenvalue weighted by molar-refractivity contribution is -0.384. The Morgan fingerprint density at radius 3 is 2.41 bits per heavy atom. The first kappa shape index (κ1) is 20.1. The van der Waals surface area contributed by atoms with E-state index in [1.807, 2.05) is 18.2 Å². The van der Waals surface area contributed by atoms with Crippen molar-refractivity contribution in [1.82, 2.24) is 0 Å². The Morgan fingerprint density at radius 1 is 1.07 bits per heavy atom. The summed E-state index contributed by atoms with van der Waals surface area (Å²) in [4.78, 5) is 17.2. The Balaban J connectivity index is 1.74. The van der Waals surface area contributed by atoms with Gasteiger partial charge in [0, 0.05) is 31.1 Å². The third-order valence-corrected chi connectivity index (χ3v) is 4.58. The standard InChI is InChI=1S/C23H23N3O3/c1-3-25(17-19-7-5-4-6-8-19)20-11-9-18(10-12-20)16-24-22-14-13-21(26(27)28)15-23(22)29-2/h4-16H,3,17H2,1-2H3. The molecule has 0 saturated heterocycles. The second-order valence-corrected chi connectivity index (χ2v) is 6.46. The zero-order valence-electron chi connectivity index (χ0n) is 16.5. The zero-order chi connectivity index (χ0) is 20.6. The number of aliphatic imine (C=N–C) groups is 1. The van der Waals surface area contributed by atoms with Gasteiger partial charge in [-0.3, -0.25) is 15.1 Å². The van der Waals surface area contributed by atoms with Crippen LogP contribution < -0.4 is 9.64 Å². The fourth-order valence-corrected chi connectivity index (χ4v) is 2.99. The van der Waals surface area contributed by atoms with Gasteiger partial charge in [-0.25, -0.2) is 0 Å². The van der Waals surface area contributed by atoms with E-state index < -0.39 is 4.92 Å². The van der Waals surface area contributed by atoms with E-state index in [9.17, 15) is 10.1 Å². The maximum atomic E-state index is 10.9. The van der Waals surface area contributed by atoms with Crippen LogP contribution in [0.5, 0.6) is 5.75 Å². The Bertz CT molecular complexity index is 986. The van der Waals surface area contributed by atoms with E-state index in [2.05, 4.69) is 53.2 Å². The van der Waals surface area contributed by atoms with Crippen molar-refractivity contribution in [2.75, 3.05) is 18.6 Å². The third kappa shape index (κ3) is 5.19. The number of anilines is 1. The summed E-state index contributed by atoms with van der Waals surface area (Å²) >= 11 is 0. The van der Waals surface area contributed by atoms with Gasteiger partial charge in [-0.05, 0) is 36.2 Å². The lowest BCUT2D eigenvalue weighted by Gasteiger charge is -2.23. The highest BCUT2D eigenvalue weighted by atomic mass is 16.6. The van der Waals surface area contributed by atoms with Gasteiger partial charge in [-0.2, -0.15) is 0 Å². The molecule has 6 nitrogen and oxygen atoms in total. The molecule has 0 bridgehead atoms. The molecule has 148 valence electrons. The second kappa shape index (κ2) is 9.50. The Morgan fingerprint density at radius 2 is 1.79 bits per heavy atom. The lowest BCUT2D eigenvalue weighted by Crippen LogP contribution is -2.21. The first-order chi connectivity index (χ1) is 14.1. The number of nitrogens with zero attached hydrogens (tertiary/aromatic N) is 3. The molecule has 29 heavy (non-hydrogen) atoms. The summed E-state index contributed by atoms with van der Waals surface area (Å²) in [6.07, 6.45) is 1.72. The largest absolute Gasteiger partial charge is 0.494 e. The zero-order valence-corrected chi connectivity index (χ0v) is 16.5. The highest BCUT2D eigenvalue weighted by Crippen LogP contribution is 2.31. The molecule has 3 rings (SSSR count). The number of rotatable bonds is 8.